The van der Waals surface area contributed by atoms with E-state index in [2.05, 4.69) is 67.7 Å². The highest BCUT2D eigenvalue weighted by atomic mass is 16.2. The van der Waals surface area contributed by atoms with Gasteiger partial charge in [0, 0.05) is 0 Å². The summed E-state index contributed by atoms with van der Waals surface area (Å²) in [6.07, 6.45) is 0.307. The molecule has 0 fully saturated rings. The molecule has 3 aromatic rings. The zero-order valence-corrected chi connectivity index (χ0v) is 16.4. The topological polar surface area (TPSA) is 41.5 Å². The lowest BCUT2D eigenvalue weighted by atomic mass is 9.86. The molecule has 0 saturated carbocycles. The molecule has 27 heavy (non-hydrogen) atoms. The van der Waals surface area contributed by atoms with Crippen LogP contribution in [0.2, 0.25) is 0 Å². The van der Waals surface area contributed by atoms with Crippen molar-refractivity contribution in [2.75, 3.05) is 0 Å². The van der Waals surface area contributed by atoms with Crippen molar-refractivity contribution in [3.63, 3.8) is 0 Å². The molecule has 0 aromatic heterocycles. The molecule has 0 bridgehead atoms. The van der Waals surface area contributed by atoms with Crippen LogP contribution in [0.4, 0.5) is 0 Å². The van der Waals surface area contributed by atoms with Gasteiger partial charge in [-0.25, -0.2) is 5.43 Å². The number of carbonyl (C=O) groups is 1. The maximum atomic E-state index is 12.4. The Kier molecular flexibility index (Phi) is 5.41. The fraction of sp³-hybridized carbons (Fsp3) is 0.250. The Morgan fingerprint density at radius 3 is 2.30 bits per heavy atom. The monoisotopic (exact) mass is 358 g/mol. The maximum absolute atomic E-state index is 12.4. The lowest BCUT2D eigenvalue weighted by molar-refractivity contribution is -0.120. The molecule has 0 atom stereocenters. The van der Waals surface area contributed by atoms with Gasteiger partial charge < -0.3 is 0 Å². The highest BCUT2D eigenvalue weighted by Gasteiger charge is 2.13. The summed E-state index contributed by atoms with van der Waals surface area (Å²) in [6, 6.07) is 22.5. The smallest absolute Gasteiger partial charge is 0.244 e. The molecule has 3 heteroatoms. The van der Waals surface area contributed by atoms with E-state index in [0.29, 0.717) is 6.42 Å². The van der Waals surface area contributed by atoms with E-state index in [1.807, 2.05) is 37.3 Å². The van der Waals surface area contributed by atoms with Crippen molar-refractivity contribution in [2.45, 2.75) is 39.5 Å². The minimum atomic E-state index is -0.114. The third-order valence-corrected chi connectivity index (χ3v) is 4.75. The molecule has 3 nitrogen and oxygen atoms in total. The van der Waals surface area contributed by atoms with Crippen LogP contribution < -0.4 is 5.43 Å². The van der Waals surface area contributed by atoms with E-state index in [1.54, 1.807) is 0 Å². The van der Waals surface area contributed by atoms with E-state index in [0.717, 1.165) is 27.6 Å². The normalized spacial score (nSPS) is 12.2. The van der Waals surface area contributed by atoms with Crippen LogP contribution >= 0.6 is 0 Å². The van der Waals surface area contributed by atoms with E-state index < -0.39 is 0 Å². The number of carbonyl (C=O) groups excluding carboxylic acids is 1. The molecule has 0 heterocycles. The molecule has 0 radical (unpaired) electrons. The second kappa shape index (κ2) is 7.75. The Hall–Kier alpha value is -2.94. The van der Waals surface area contributed by atoms with E-state index in [9.17, 15) is 4.79 Å². The van der Waals surface area contributed by atoms with E-state index in [4.69, 9.17) is 0 Å². The second-order valence-electron chi connectivity index (χ2n) is 7.87. The van der Waals surface area contributed by atoms with Gasteiger partial charge in [0.05, 0.1) is 12.1 Å². The summed E-state index contributed by atoms with van der Waals surface area (Å²) >= 11 is 0. The lowest BCUT2D eigenvalue weighted by Gasteiger charge is -2.19. The highest BCUT2D eigenvalue weighted by molar-refractivity contribution is 5.99. The number of nitrogens with zero attached hydrogens (tertiary/aromatic N) is 1. The van der Waals surface area contributed by atoms with Crippen LogP contribution in [-0.2, 0) is 16.6 Å². The quantitative estimate of drug-likeness (QED) is 0.504. The molecule has 0 aliphatic carbocycles. The largest absolute Gasteiger partial charge is 0.273 e. The summed E-state index contributed by atoms with van der Waals surface area (Å²) in [6.45, 7) is 8.48. The van der Waals surface area contributed by atoms with Gasteiger partial charge in [-0.15, -0.1) is 0 Å². The van der Waals surface area contributed by atoms with Crippen LogP contribution in [0.15, 0.2) is 71.8 Å². The minimum Gasteiger partial charge on any atom is -0.273 e. The number of amides is 1. The Morgan fingerprint density at radius 1 is 0.926 bits per heavy atom. The van der Waals surface area contributed by atoms with Crippen molar-refractivity contribution in [1.29, 1.82) is 0 Å². The van der Waals surface area contributed by atoms with Crippen LogP contribution in [0.1, 0.15) is 44.4 Å². The van der Waals surface area contributed by atoms with E-state index in [1.165, 1.54) is 5.56 Å². The molecular weight excluding hydrogens is 332 g/mol. The second-order valence-corrected chi connectivity index (χ2v) is 7.87. The third-order valence-electron chi connectivity index (χ3n) is 4.75. The van der Waals surface area contributed by atoms with Gasteiger partial charge in [-0.1, -0.05) is 87.5 Å². The molecule has 138 valence electrons. The van der Waals surface area contributed by atoms with Gasteiger partial charge in [-0.3, -0.25) is 4.79 Å². The zero-order valence-electron chi connectivity index (χ0n) is 16.4. The number of hydrogen-bond acceptors (Lipinski definition) is 2. The van der Waals surface area contributed by atoms with Gasteiger partial charge in [0.25, 0.3) is 0 Å². The fourth-order valence-corrected chi connectivity index (χ4v) is 3.08. The Labute approximate surface area is 161 Å². The van der Waals surface area contributed by atoms with E-state index >= 15 is 0 Å². The molecule has 0 spiro atoms. The number of hydrazone groups is 1. The first-order valence-electron chi connectivity index (χ1n) is 9.25. The van der Waals surface area contributed by atoms with Crippen LogP contribution in [-0.4, -0.2) is 11.6 Å². The van der Waals surface area contributed by atoms with Crippen LogP contribution in [0, 0.1) is 0 Å². The molecule has 1 N–H and O–H groups in total. The number of benzene rings is 3. The summed E-state index contributed by atoms with van der Waals surface area (Å²) in [7, 11) is 0. The first kappa shape index (κ1) is 18.8. The molecule has 1 amide bonds. The standard InChI is InChI=1S/C24H26N2O/c1-17(18-12-14-21(15-13-18)24(2,3)4)25-26-23(27)16-20-10-7-9-19-8-5-6-11-22(19)20/h5-15H,16H2,1-4H3,(H,26,27)/b25-17-. The third kappa shape index (κ3) is 4.62. The Morgan fingerprint density at radius 2 is 1.59 bits per heavy atom. The first-order chi connectivity index (χ1) is 12.8. The van der Waals surface area contributed by atoms with Crippen molar-refractivity contribution in [1.82, 2.24) is 5.43 Å². The minimum absolute atomic E-state index is 0.114. The average Bonchev–Trinajstić information content (AvgIpc) is 2.66. The summed E-state index contributed by atoms with van der Waals surface area (Å²) in [5.74, 6) is -0.114. The molecule has 0 aliphatic heterocycles. The molecule has 0 aliphatic rings. The van der Waals surface area contributed by atoms with Crippen LogP contribution in [0.5, 0.6) is 0 Å². The van der Waals surface area contributed by atoms with Crippen molar-refractivity contribution >= 4 is 22.4 Å². The predicted octanol–water partition coefficient (Wildman–Crippen LogP) is 5.22. The van der Waals surface area contributed by atoms with Gasteiger partial charge in [-0.05, 0) is 39.8 Å². The maximum Gasteiger partial charge on any atom is 0.244 e. The zero-order chi connectivity index (χ0) is 19.4. The van der Waals surface area contributed by atoms with Gasteiger partial charge in [-0.2, -0.15) is 5.10 Å². The Bertz CT molecular complexity index is 974. The van der Waals surface area contributed by atoms with Gasteiger partial charge in [0.1, 0.15) is 0 Å². The van der Waals surface area contributed by atoms with Gasteiger partial charge in [0.2, 0.25) is 5.91 Å². The summed E-state index contributed by atoms with van der Waals surface area (Å²) in [4.78, 5) is 12.4. The molecule has 0 saturated heterocycles. The molecule has 0 unspecified atom stereocenters. The van der Waals surface area contributed by atoms with Crippen molar-refractivity contribution < 1.29 is 4.79 Å². The van der Waals surface area contributed by atoms with Crippen molar-refractivity contribution in [2.24, 2.45) is 5.10 Å². The first-order valence-corrected chi connectivity index (χ1v) is 9.25. The summed E-state index contributed by atoms with van der Waals surface area (Å²) in [5.41, 5.74) is 6.89. The van der Waals surface area contributed by atoms with Crippen molar-refractivity contribution in [3.05, 3.63) is 83.4 Å². The number of nitrogens with one attached hydrogen (secondary N) is 1. The van der Waals surface area contributed by atoms with Crippen LogP contribution in [0.25, 0.3) is 10.8 Å². The molecular formula is C24H26N2O. The van der Waals surface area contributed by atoms with Crippen molar-refractivity contribution in [3.8, 4) is 0 Å². The van der Waals surface area contributed by atoms with E-state index in [-0.39, 0.29) is 11.3 Å². The highest BCUT2D eigenvalue weighted by Crippen LogP contribution is 2.22. The molecule has 3 aromatic carbocycles. The van der Waals surface area contributed by atoms with Gasteiger partial charge in [0.15, 0.2) is 0 Å². The number of hydrogen-bond donors (Lipinski definition) is 1. The average molecular weight is 358 g/mol. The molecule has 3 rings (SSSR count). The lowest BCUT2D eigenvalue weighted by Crippen LogP contribution is -2.21. The predicted molar refractivity (Wildman–Crippen MR) is 113 cm³/mol. The number of fused-ring (bicyclic) bond motifs is 1. The Balaban J connectivity index is 1.69. The van der Waals surface area contributed by atoms with Crippen LogP contribution in [0.3, 0.4) is 0 Å². The fourth-order valence-electron chi connectivity index (χ4n) is 3.08. The number of rotatable bonds is 4. The summed E-state index contributed by atoms with van der Waals surface area (Å²) in [5, 5.41) is 6.52. The summed E-state index contributed by atoms with van der Waals surface area (Å²) < 4.78 is 0. The van der Waals surface area contributed by atoms with Gasteiger partial charge >= 0.3 is 0 Å². The SMILES string of the molecule is C/C(=N/NC(=O)Cc1cccc2ccccc12)c1ccc(C(C)(C)C)cc1.